The number of hydrogen-bond donors (Lipinski definition) is 0. The third kappa shape index (κ3) is 5.09. The Morgan fingerprint density at radius 2 is 1.38 bits per heavy atom. The van der Waals surface area contributed by atoms with Crippen LogP contribution in [0.25, 0.3) is 0 Å². The molecule has 0 fully saturated rings. The van der Waals surface area contributed by atoms with E-state index in [9.17, 15) is 9.59 Å². The Morgan fingerprint density at radius 1 is 0.853 bits per heavy atom. The van der Waals surface area contributed by atoms with Crippen LogP contribution in [-0.2, 0) is 9.59 Å². The van der Waals surface area contributed by atoms with E-state index < -0.39 is 5.92 Å². The van der Waals surface area contributed by atoms with Crippen LogP contribution in [0.1, 0.15) is 95.5 Å². The van der Waals surface area contributed by atoms with E-state index in [-0.39, 0.29) is 11.6 Å². The van der Waals surface area contributed by atoms with E-state index in [2.05, 4.69) is 11.8 Å². The number of ketones is 2. The summed E-state index contributed by atoms with van der Waals surface area (Å²) in [6.07, 6.45) is 11.5. The first kappa shape index (κ1) is 25.3. The van der Waals surface area contributed by atoms with Gasteiger partial charge in [0, 0.05) is 48.3 Å². The zero-order chi connectivity index (χ0) is 24.2. The highest BCUT2D eigenvalue weighted by molar-refractivity contribution is 6.37. The summed E-state index contributed by atoms with van der Waals surface area (Å²) in [5, 5.41) is 0.867. The van der Waals surface area contributed by atoms with Crippen molar-refractivity contribution in [3.8, 4) is 5.75 Å². The van der Waals surface area contributed by atoms with Gasteiger partial charge in [0.25, 0.3) is 0 Å². The minimum absolute atomic E-state index is 0.124. The van der Waals surface area contributed by atoms with Crippen molar-refractivity contribution in [2.75, 3.05) is 13.7 Å². The Morgan fingerprint density at radius 3 is 1.94 bits per heavy atom. The molecule has 0 aromatic heterocycles. The second kappa shape index (κ2) is 11.3. The van der Waals surface area contributed by atoms with Gasteiger partial charge in [-0.1, -0.05) is 62.2 Å². The highest BCUT2D eigenvalue weighted by Gasteiger charge is 2.42. The molecule has 2 aliphatic carbocycles. The number of allylic oxidation sites excluding steroid dienone is 4. The number of carbonyl (C=O) groups is 2. The number of Topliss-reactive ketones (excluding diaryl/α,β-unsaturated/α-hetero) is 2. The first-order chi connectivity index (χ1) is 16.4. The van der Waals surface area contributed by atoms with Gasteiger partial charge in [-0.3, -0.25) is 9.59 Å². The first-order valence-corrected chi connectivity index (χ1v) is 13.6. The molecular formula is C28H35Cl2NO3. The summed E-state index contributed by atoms with van der Waals surface area (Å²) < 4.78 is 5.96. The SMILES string of the molecule is CCCCCCCCOc1c(Cl)cc(C2C3=C(CCCC3=O)N(C)C3=C2C(=O)CCC3)cc1Cl. The largest absolute Gasteiger partial charge is 0.490 e. The molecule has 1 aromatic rings. The van der Waals surface area contributed by atoms with Gasteiger partial charge in [0.2, 0.25) is 0 Å². The lowest BCUT2D eigenvalue weighted by Gasteiger charge is -2.42. The molecule has 6 heteroatoms. The molecule has 0 amide bonds. The maximum absolute atomic E-state index is 13.1. The summed E-state index contributed by atoms with van der Waals surface area (Å²) in [7, 11) is 2.00. The third-order valence-electron chi connectivity index (χ3n) is 7.34. The zero-order valence-corrected chi connectivity index (χ0v) is 21.9. The van der Waals surface area contributed by atoms with Crippen LogP contribution in [-0.4, -0.2) is 30.1 Å². The van der Waals surface area contributed by atoms with Crippen molar-refractivity contribution in [1.82, 2.24) is 4.90 Å². The number of benzene rings is 1. The number of hydrogen-bond acceptors (Lipinski definition) is 4. The van der Waals surface area contributed by atoms with Crippen LogP contribution >= 0.6 is 23.2 Å². The van der Waals surface area contributed by atoms with E-state index in [1.54, 1.807) is 0 Å². The van der Waals surface area contributed by atoms with Gasteiger partial charge in [0.15, 0.2) is 17.3 Å². The predicted molar refractivity (Wildman–Crippen MR) is 138 cm³/mol. The van der Waals surface area contributed by atoms with Gasteiger partial charge < -0.3 is 9.64 Å². The fourth-order valence-corrected chi connectivity index (χ4v) is 6.24. The normalized spacial score (nSPS) is 19.0. The van der Waals surface area contributed by atoms with Gasteiger partial charge in [-0.2, -0.15) is 0 Å². The molecule has 0 atom stereocenters. The van der Waals surface area contributed by atoms with E-state index in [1.807, 2.05) is 19.2 Å². The number of carbonyl (C=O) groups excluding carboxylic acids is 2. The minimum Gasteiger partial charge on any atom is -0.490 e. The second-order valence-corrected chi connectivity index (χ2v) is 10.5. The van der Waals surface area contributed by atoms with E-state index in [4.69, 9.17) is 27.9 Å². The van der Waals surface area contributed by atoms with Crippen molar-refractivity contribution in [3.63, 3.8) is 0 Å². The molecule has 0 spiro atoms. The molecule has 0 radical (unpaired) electrons. The van der Waals surface area contributed by atoms with E-state index in [0.29, 0.717) is 35.2 Å². The van der Waals surface area contributed by atoms with Crippen LogP contribution < -0.4 is 4.74 Å². The molecule has 0 saturated heterocycles. The molecular weight excluding hydrogens is 469 g/mol. The van der Waals surface area contributed by atoms with Crippen molar-refractivity contribution >= 4 is 34.8 Å². The summed E-state index contributed by atoms with van der Waals surface area (Å²) in [5.41, 5.74) is 4.39. The van der Waals surface area contributed by atoms with Crippen LogP contribution in [0.15, 0.2) is 34.7 Å². The monoisotopic (exact) mass is 503 g/mol. The Balaban J connectivity index is 1.61. The predicted octanol–water partition coefficient (Wildman–Crippen LogP) is 7.78. The highest BCUT2D eigenvalue weighted by Crippen LogP contribution is 2.50. The molecule has 1 aliphatic heterocycles. The fourth-order valence-electron chi connectivity index (χ4n) is 5.63. The summed E-state index contributed by atoms with van der Waals surface area (Å²) in [6.45, 7) is 2.78. The van der Waals surface area contributed by atoms with Crippen molar-refractivity contribution in [1.29, 1.82) is 0 Å². The van der Waals surface area contributed by atoms with Crippen molar-refractivity contribution in [3.05, 3.63) is 50.3 Å². The lowest BCUT2D eigenvalue weighted by Crippen LogP contribution is -2.37. The van der Waals surface area contributed by atoms with E-state index >= 15 is 0 Å². The molecule has 34 heavy (non-hydrogen) atoms. The minimum atomic E-state index is -0.399. The molecule has 0 unspecified atom stereocenters. The van der Waals surface area contributed by atoms with Crippen molar-refractivity contribution < 1.29 is 14.3 Å². The van der Waals surface area contributed by atoms with Crippen LogP contribution in [0, 0.1) is 0 Å². The van der Waals surface area contributed by atoms with Gasteiger partial charge >= 0.3 is 0 Å². The maximum Gasteiger partial charge on any atom is 0.161 e. The average molecular weight is 504 g/mol. The molecule has 0 N–H and O–H groups in total. The number of halogens is 2. The van der Waals surface area contributed by atoms with Gasteiger partial charge in [0.05, 0.1) is 16.7 Å². The van der Waals surface area contributed by atoms with Crippen LogP contribution in [0.4, 0.5) is 0 Å². The summed E-state index contributed by atoms with van der Waals surface area (Å²) in [5.74, 6) is 0.337. The van der Waals surface area contributed by atoms with E-state index in [1.165, 1.54) is 25.7 Å². The number of ether oxygens (including phenoxy) is 1. The lowest BCUT2D eigenvalue weighted by atomic mass is 9.71. The fraction of sp³-hybridized carbons (Fsp3) is 0.571. The smallest absolute Gasteiger partial charge is 0.161 e. The number of nitrogens with zero attached hydrogens (tertiary/aromatic N) is 1. The first-order valence-electron chi connectivity index (χ1n) is 12.8. The Hall–Kier alpha value is -1.78. The highest BCUT2D eigenvalue weighted by atomic mass is 35.5. The Labute approximate surface area is 213 Å². The standard InChI is InChI=1S/C28H35Cl2NO3/c1-3-4-5-6-7-8-15-34-28-19(29)16-18(17-20(28)30)25-26-21(11-9-13-23(26)32)31(2)22-12-10-14-24(33)27(22)25/h16-17,25H,3-15H2,1-2H3. The zero-order valence-electron chi connectivity index (χ0n) is 20.4. The summed E-state index contributed by atoms with van der Waals surface area (Å²) in [6, 6.07) is 3.69. The number of unbranched alkanes of at least 4 members (excludes halogenated alkanes) is 5. The molecule has 4 rings (SSSR count). The van der Waals surface area contributed by atoms with Gasteiger partial charge in [-0.05, 0) is 49.8 Å². The number of rotatable bonds is 9. The van der Waals surface area contributed by atoms with Crippen LogP contribution in [0.3, 0.4) is 0 Å². The van der Waals surface area contributed by atoms with Gasteiger partial charge in [0.1, 0.15) is 0 Å². The topological polar surface area (TPSA) is 46.6 Å². The Kier molecular flexibility index (Phi) is 8.42. The average Bonchev–Trinajstić information content (AvgIpc) is 2.81. The molecule has 3 aliphatic rings. The molecule has 1 heterocycles. The molecule has 0 bridgehead atoms. The molecule has 4 nitrogen and oxygen atoms in total. The summed E-state index contributed by atoms with van der Waals surface area (Å²) >= 11 is 13.3. The van der Waals surface area contributed by atoms with Crippen LogP contribution in [0.2, 0.25) is 10.0 Å². The molecule has 1 aromatic carbocycles. The van der Waals surface area contributed by atoms with Crippen LogP contribution in [0.5, 0.6) is 5.75 Å². The third-order valence-corrected chi connectivity index (χ3v) is 7.90. The molecule has 184 valence electrons. The van der Waals surface area contributed by atoms with Crippen molar-refractivity contribution in [2.45, 2.75) is 89.9 Å². The summed E-state index contributed by atoms with van der Waals surface area (Å²) in [4.78, 5) is 28.4. The maximum atomic E-state index is 13.1. The quantitative estimate of drug-likeness (QED) is 0.322. The van der Waals surface area contributed by atoms with E-state index in [0.717, 1.165) is 66.6 Å². The molecule has 0 saturated carbocycles. The lowest BCUT2D eigenvalue weighted by molar-refractivity contribution is -0.117. The Bertz CT molecular complexity index is 959. The van der Waals surface area contributed by atoms with Crippen molar-refractivity contribution in [2.24, 2.45) is 0 Å². The van der Waals surface area contributed by atoms with Gasteiger partial charge in [-0.15, -0.1) is 0 Å². The second-order valence-electron chi connectivity index (χ2n) is 9.70. The van der Waals surface area contributed by atoms with Gasteiger partial charge in [-0.25, -0.2) is 0 Å².